The van der Waals surface area contributed by atoms with Crippen LogP contribution in [0.1, 0.15) is 40.0 Å². The van der Waals surface area contributed by atoms with E-state index in [1.54, 1.807) is 19.0 Å². The largest absolute Gasteiger partial charge is 0.347 e. The molecule has 1 amide bonds. The molecule has 0 saturated heterocycles. The van der Waals surface area contributed by atoms with Gasteiger partial charge in [0.2, 0.25) is 5.91 Å². The molecule has 0 saturated carbocycles. The van der Waals surface area contributed by atoms with Crippen LogP contribution in [-0.2, 0) is 4.79 Å². The van der Waals surface area contributed by atoms with Crippen molar-refractivity contribution in [2.45, 2.75) is 52.1 Å². The van der Waals surface area contributed by atoms with Gasteiger partial charge in [0.25, 0.3) is 0 Å². The number of nitrogens with zero attached hydrogens (tertiary/aromatic N) is 1. The SMILES string of the molecule is CCCC(CC)NC(C)C(=O)N(C)C. The lowest BCUT2D eigenvalue weighted by Gasteiger charge is -2.23. The molecule has 0 aliphatic heterocycles. The maximum absolute atomic E-state index is 11.6. The molecule has 0 fully saturated rings. The normalized spacial score (nSPS) is 14.9. The summed E-state index contributed by atoms with van der Waals surface area (Å²) in [6, 6.07) is 0.403. The first-order valence-electron chi connectivity index (χ1n) is 5.50. The summed E-state index contributed by atoms with van der Waals surface area (Å²) in [5, 5.41) is 3.36. The van der Waals surface area contributed by atoms with Gasteiger partial charge < -0.3 is 10.2 Å². The van der Waals surface area contributed by atoms with Crippen LogP contribution in [0.4, 0.5) is 0 Å². The summed E-state index contributed by atoms with van der Waals surface area (Å²) >= 11 is 0. The van der Waals surface area contributed by atoms with Crippen LogP contribution in [0, 0.1) is 0 Å². The average molecular weight is 200 g/mol. The van der Waals surface area contributed by atoms with Crippen LogP contribution in [0.3, 0.4) is 0 Å². The van der Waals surface area contributed by atoms with Gasteiger partial charge in [-0.3, -0.25) is 4.79 Å². The van der Waals surface area contributed by atoms with E-state index in [2.05, 4.69) is 19.2 Å². The third-order valence-corrected chi connectivity index (χ3v) is 2.43. The van der Waals surface area contributed by atoms with Crippen LogP contribution in [0.15, 0.2) is 0 Å². The molecule has 0 aromatic carbocycles. The molecule has 84 valence electrons. The molecule has 0 bridgehead atoms. The second-order valence-corrected chi connectivity index (χ2v) is 4.01. The maximum Gasteiger partial charge on any atom is 0.238 e. The van der Waals surface area contributed by atoms with Gasteiger partial charge in [-0.2, -0.15) is 0 Å². The van der Waals surface area contributed by atoms with Gasteiger partial charge in [0.05, 0.1) is 6.04 Å². The number of rotatable bonds is 6. The van der Waals surface area contributed by atoms with E-state index < -0.39 is 0 Å². The van der Waals surface area contributed by atoms with Crippen molar-refractivity contribution in [1.29, 1.82) is 0 Å². The topological polar surface area (TPSA) is 32.3 Å². The lowest BCUT2D eigenvalue weighted by Crippen LogP contribution is -2.45. The van der Waals surface area contributed by atoms with E-state index in [0.717, 1.165) is 19.3 Å². The van der Waals surface area contributed by atoms with Crippen LogP contribution in [0.5, 0.6) is 0 Å². The van der Waals surface area contributed by atoms with Gasteiger partial charge in [-0.05, 0) is 19.8 Å². The fourth-order valence-corrected chi connectivity index (χ4v) is 1.57. The monoisotopic (exact) mass is 200 g/mol. The highest BCUT2D eigenvalue weighted by atomic mass is 16.2. The first-order valence-corrected chi connectivity index (χ1v) is 5.50. The molecule has 14 heavy (non-hydrogen) atoms. The number of hydrogen-bond acceptors (Lipinski definition) is 2. The van der Waals surface area contributed by atoms with E-state index in [0.29, 0.717) is 6.04 Å². The molecule has 0 aliphatic rings. The predicted octanol–water partition coefficient (Wildman–Crippen LogP) is 1.63. The fourth-order valence-electron chi connectivity index (χ4n) is 1.57. The Hall–Kier alpha value is -0.570. The maximum atomic E-state index is 11.6. The summed E-state index contributed by atoms with van der Waals surface area (Å²) in [6.07, 6.45) is 3.38. The average Bonchev–Trinajstić information content (AvgIpc) is 2.15. The highest BCUT2D eigenvalue weighted by Gasteiger charge is 2.17. The fraction of sp³-hybridized carbons (Fsp3) is 0.909. The summed E-state index contributed by atoms with van der Waals surface area (Å²) in [6.45, 7) is 6.25. The lowest BCUT2D eigenvalue weighted by atomic mass is 10.1. The van der Waals surface area contributed by atoms with E-state index in [9.17, 15) is 4.79 Å². The molecule has 0 heterocycles. The van der Waals surface area contributed by atoms with Crippen molar-refractivity contribution < 1.29 is 4.79 Å². The molecule has 1 N–H and O–H groups in total. The lowest BCUT2D eigenvalue weighted by molar-refractivity contribution is -0.130. The number of nitrogens with one attached hydrogen (secondary N) is 1. The number of likely N-dealkylation sites (N-methyl/N-ethyl adjacent to an activating group) is 1. The Morgan fingerprint density at radius 2 is 1.93 bits per heavy atom. The third-order valence-electron chi connectivity index (χ3n) is 2.43. The van der Waals surface area contributed by atoms with Gasteiger partial charge in [-0.15, -0.1) is 0 Å². The Morgan fingerprint density at radius 3 is 2.29 bits per heavy atom. The zero-order chi connectivity index (χ0) is 11.1. The molecule has 0 spiro atoms. The highest BCUT2D eigenvalue weighted by molar-refractivity contribution is 5.80. The van der Waals surface area contributed by atoms with Crippen LogP contribution in [0.25, 0.3) is 0 Å². The van der Waals surface area contributed by atoms with E-state index in [-0.39, 0.29) is 11.9 Å². The zero-order valence-corrected chi connectivity index (χ0v) is 10.1. The van der Waals surface area contributed by atoms with Gasteiger partial charge >= 0.3 is 0 Å². The molecular formula is C11H24N2O. The standard InChI is InChI=1S/C11H24N2O/c1-6-8-10(7-2)12-9(3)11(14)13(4)5/h9-10,12H,6-8H2,1-5H3. The van der Waals surface area contributed by atoms with E-state index in [4.69, 9.17) is 0 Å². The van der Waals surface area contributed by atoms with Gasteiger partial charge in [-0.25, -0.2) is 0 Å². The van der Waals surface area contributed by atoms with Crippen LogP contribution in [-0.4, -0.2) is 37.0 Å². The first-order chi connectivity index (χ1) is 6.52. The predicted molar refractivity (Wildman–Crippen MR) is 60.3 cm³/mol. The molecule has 0 aromatic rings. The minimum Gasteiger partial charge on any atom is -0.347 e. The molecule has 0 rings (SSSR count). The minimum absolute atomic E-state index is 0.0681. The summed E-state index contributed by atoms with van der Waals surface area (Å²) in [5.74, 6) is 0.152. The van der Waals surface area contributed by atoms with Crippen LogP contribution < -0.4 is 5.32 Å². The quantitative estimate of drug-likeness (QED) is 0.707. The Labute approximate surface area is 87.9 Å². The molecule has 2 unspecified atom stereocenters. The van der Waals surface area contributed by atoms with Crippen molar-refractivity contribution in [1.82, 2.24) is 10.2 Å². The molecule has 0 aromatic heterocycles. The number of hydrogen-bond donors (Lipinski definition) is 1. The van der Waals surface area contributed by atoms with Crippen LogP contribution >= 0.6 is 0 Å². The van der Waals surface area contributed by atoms with Gasteiger partial charge in [-0.1, -0.05) is 20.3 Å². The summed E-state index contributed by atoms with van der Waals surface area (Å²) in [5.41, 5.74) is 0. The summed E-state index contributed by atoms with van der Waals surface area (Å²) in [7, 11) is 3.59. The number of carbonyl (C=O) groups is 1. The first kappa shape index (κ1) is 13.4. The molecule has 0 radical (unpaired) electrons. The van der Waals surface area contributed by atoms with Crippen molar-refractivity contribution in [2.75, 3.05) is 14.1 Å². The second kappa shape index (κ2) is 6.82. The zero-order valence-electron chi connectivity index (χ0n) is 10.1. The molecule has 2 atom stereocenters. The Kier molecular flexibility index (Phi) is 6.54. The van der Waals surface area contributed by atoms with Crippen molar-refractivity contribution in [3.63, 3.8) is 0 Å². The van der Waals surface area contributed by atoms with E-state index in [1.165, 1.54) is 0 Å². The molecule has 3 heteroatoms. The van der Waals surface area contributed by atoms with Gasteiger partial charge in [0.15, 0.2) is 0 Å². The molecular weight excluding hydrogens is 176 g/mol. The summed E-state index contributed by atoms with van der Waals surface area (Å²) < 4.78 is 0. The van der Waals surface area contributed by atoms with E-state index >= 15 is 0 Å². The Bertz CT molecular complexity index is 169. The van der Waals surface area contributed by atoms with Crippen molar-refractivity contribution in [2.24, 2.45) is 0 Å². The van der Waals surface area contributed by atoms with E-state index in [1.807, 2.05) is 6.92 Å². The second-order valence-electron chi connectivity index (χ2n) is 4.01. The third kappa shape index (κ3) is 4.61. The van der Waals surface area contributed by atoms with Crippen molar-refractivity contribution >= 4 is 5.91 Å². The van der Waals surface area contributed by atoms with Gasteiger partial charge in [0, 0.05) is 20.1 Å². The minimum atomic E-state index is -0.0681. The molecule has 3 nitrogen and oxygen atoms in total. The van der Waals surface area contributed by atoms with Crippen LogP contribution in [0.2, 0.25) is 0 Å². The highest BCUT2D eigenvalue weighted by Crippen LogP contribution is 2.03. The van der Waals surface area contributed by atoms with Crippen molar-refractivity contribution in [3.8, 4) is 0 Å². The number of amides is 1. The Balaban J connectivity index is 4.01. The Morgan fingerprint density at radius 1 is 1.36 bits per heavy atom. The van der Waals surface area contributed by atoms with Gasteiger partial charge in [0.1, 0.15) is 0 Å². The smallest absolute Gasteiger partial charge is 0.238 e. The number of carbonyl (C=O) groups excluding carboxylic acids is 1. The van der Waals surface area contributed by atoms with Crippen molar-refractivity contribution in [3.05, 3.63) is 0 Å². The summed E-state index contributed by atoms with van der Waals surface area (Å²) in [4.78, 5) is 13.2. The molecule has 0 aliphatic carbocycles.